The van der Waals surface area contributed by atoms with Gasteiger partial charge in [0, 0.05) is 0 Å². The van der Waals surface area contributed by atoms with Crippen LogP contribution in [0.2, 0.25) is 0 Å². The minimum absolute atomic E-state index is 0. The quantitative estimate of drug-likeness (QED) is 0.147. The Kier molecular flexibility index (Phi) is 30.8. The minimum atomic E-state index is 0. The summed E-state index contributed by atoms with van der Waals surface area (Å²) in [5.41, 5.74) is 4.02. The zero-order valence-electron chi connectivity index (χ0n) is 26.6. The number of hydrogen-bond acceptors (Lipinski definition) is 4. The van der Waals surface area contributed by atoms with Crippen molar-refractivity contribution in [2.24, 2.45) is 0 Å². The van der Waals surface area contributed by atoms with Crippen LogP contribution in [0, 0.1) is 0 Å². The van der Waals surface area contributed by atoms with Gasteiger partial charge in [-0.25, -0.2) is 0 Å². The molecule has 0 atom stereocenters. The Morgan fingerprint density at radius 3 is 0.524 bits per heavy atom. The van der Waals surface area contributed by atoms with Gasteiger partial charge in [0.25, 0.3) is 0 Å². The van der Waals surface area contributed by atoms with Crippen molar-refractivity contribution >= 4 is 70.1 Å². The van der Waals surface area contributed by atoms with Crippen LogP contribution in [0.25, 0.3) is 19.6 Å². The van der Waals surface area contributed by atoms with Crippen molar-refractivity contribution in [2.45, 2.75) is 55.4 Å². The normalized spacial score (nSPS) is 9.71. The summed E-state index contributed by atoms with van der Waals surface area (Å²) in [6.45, 7) is 16.0. The standard InChI is InChI=1S/2C14H12S2.4C2H6.2Mt/c2*15-13(11-7-3-1-4-8-11)14(16)12-9-5-2-6-10-12;4*1-2;;/h2*1-10,15-16H;4*1-2H3;;/p-4. The predicted octanol–water partition coefficient (Wildman–Crippen LogP) is 11.3. The summed E-state index contributed by atoms with van der Waals surface area (Å²) in [5.74, 6) is 0. The van der Waals surface area contributed by atoms with Crippen LogP contribution in [0.4, 0.5) is 0 Å². The number of rotatable bonds is 4. The zero-order valence-corrected chi connectivity index (χ0v) is 43.0. The topological polar surface area (TPSA) is 0 Å². The van der Waals surface area contributed by atoms with Crippen molar-refractivity contribution in [3.63, 3.8) is 0 Å². The third-order valence-corrected chi connectivity index (χ3v) is 6.57. The molecule has 0 aliphatic rings. The first-order valence-electron chi connectivity index (χ1n) is 14.0. The van der Waals surface area contributed by atoms with Crippen molar-refractivity contribution in [1.82, 2.24) is 0 Å². The average molecular weight is 1160 g/mol. The average Bonchev–Trinajstić information content (AvgIpc) is 3.09. The van der Waals surface area contributed by atoms with E-state index in [1.165, 1.54) is 0 Å². The SMILES string of the molecule is CC.CC.CC.CC.[Mt].[Mt].[S-]C(=C([S-])c1ccccc1)c1ccccc1.[S-]C(=C([S-])c1ccccc1)c1ccccc1. The maximum absolute atomic E-state index is 5.38. The van der Waals surface area contributed by atoms with Crippen LogP contribution in [0.3, 0.4) is 0 Å². The van der Waals surface area contributed by atoms with Crippen molar-refractivity contribution in [3.8, 4) is 0 Å². The minimum Gasteiger partial charge on any atom is -0.781 e. The van der Waals surface area contributed by atoms with E-state index in [1.54, 1.807) is 0 Å². The smallest absolute Gasteiger partial charge is 0 e. The zero-order chi connectivity index (χ0) is 30.8. The van der Waals surface area contributed by atoms with Crippen LogP contribution in [0.5, 0.6) is 0 Å². The van der Waals surface area contributed by atoms with Crippen molar-refractivity contribution in [1.29, 1.82) is 0 Å². The summed E-state index contributed by atoms with van der Waals surface area (Å²) in [6, 6.07) is 39.5. The van der Waals surface area contributed by atoms with Gasteiger partial charge in [0.15, 0.2) is 0 Å². The van der Waals surface area contributed by atoms with E-state index < -0.39 is 0 Å². The van der Waals surface area contributed by atoms with Gasteiger partial charge in [-0.1, -0.05) is 177 Å². The van der Waals surface area contributed by atoms with Crippen LogP contribution < -0.4 is 0 Å². The van der Waals surface area contributed by atoms with E-state index in [0.717, 1.165) is 41.9 Å². The van der Waals surface area contributed by atoms with Crippen LogP contribution in [-0.2, 0) is 50.5 Å². The molecule has 0 aliphatic heterocycles. The van der Waals surface area contributed by atoms with E-state index in [1.807, 2.05) is 177 Å². The van der Waals surface area contributed by atoms with Crippen LogP contribution in [0.1, 0.15) is 77.6 Å². The molecule has 0 radical (unpaired) electrons. The Morgan fingerprint density at radius 2 is 0.405 bits per heavy atom. The Balaban J connectivity index is -0.000000267. The fourth-order valence-corrected chi connectivity index (χ4v) is 3.90. The van der Waals surface area contributed by atoms with E-state index >= 15 is 0 Å². The third kappa shape index (κ3) is 15.7. The van der Waals surface area contributed by atoms with Crippen molar-refractivity contribution in [2.75, 3.05) is 0 Å². The molecule has 0 unspecified atom stereocenters. The van der Waals surface area contributed by atoms with Gasteiger partial charge in [-0.05, 0) is 22.3 Å². The van der Waals surface area contributed by atoms with Crippen molar-refractivity contribution in [3.05, 3.63) is 144 Å². The molecule has 0 N–H and O–H groups in total. The Hall–Kier alpha value is -4.76. The molecule has 6 heteroatoms. The first-order chi connectivity index (χ1) is 19.6. The molecule has 0 fully saturated rings. The van der Waals surface area contributed by atoms with Crippen LogP contribution in [0.15, 0.2) is 121 Å². The molecule has 0 saturated carbocycles. The Morgan fingerprint density at radius 1 is 0.286 bits per heavy atom. The molecule has 0 amide bonds. The molecule has 4 rings (SSSR count). The molecule has 0 nitrogen and oxygen atoms in total. The molecule has 4 aromatic rings. The van der Waals surface area contributed by atoms with E-state index in [9.17, 15) is 0 Å². The molecule has 0 saturated heterocycles. The summed E-state index contributed by atoms with van der Waals surface area (Å²) in [6.07, 6.45) is 0. The monoisotopic (exact) mass is 1160 g/mol. The second-order valence-electron chi connectivity index (χ2n) is 6.78. The first-order valence-corrected chi connectivity index (χ1v) is 15.6. The van der Waals surface area contributed by atoms with Gasteiger partial charge in [-0.2, -0.15) is 19.6 Å². The summed E-state index contributed by atoms with van der Waals surface area (Å²) >= 11 is 21.5. The number of hydrogen-bond donors (Lipinski definition) is 0. The largest absolute Gasteiger partial charge is 0.781 e. The summed E-state index contributed by atoms with van der Waals surface area (Å²) in [5, 5.41) is 0. The number of benzene rings is 4. The summed E-state index contributed by atoms with van der Waals surface area (Å²) in [4.78, 5) is 2.95. The first kappa shape index (κ1) is 44.3. The fraction of sp³-hybridized carbons (Fsp3) is 0.222. The molecule has 0 heterocycles. The molecule has 0 aromatic heterocycles. The molecule has 42 heavy (non-hydrogen) atoms. The maximum atomic E-state index is 5.38. The molecule has 220 valence electrons. The van der Waals surface area contributed by atoms with Crippen molar-refractivity contribution < 1.29 is 0 Å². The summed E-state index contributed by atoms with van der Waals surface area (Å²) < 4.78 is 0. The second kappa shape index (κ2) is 29.2. The molecular weight excluding hydrogens is 1120 g/mol. The molecule has 0 bridgehead atoms. The van der Waals surface area contributed by atoms with Gasteiger partial charge < -0.3 is 50.5 Å². The van der Waals surface area contributed by atoms with Crippen LogP contribution >= 0.6 is 0 Å². The third-order valence-electron chi connectivity index (χ3n) is 4.56. The Labute approximate surface area is 267 Å². The summed E-state index contributed by atoms with van der Waals surface area (Å²) in [7, 11) is 0. The molecule has 0 spiro atoms. The van der Waals surface area contributed by atoms with Gasteiger partial charge in [0.1, 0.15) is 0 Å². The Bertz CT molecular complexity index is 988. The van der Waals surface area contributed by atoms with Gasteiger partial charge in [0.05, 0.1) is 0 Å². The van der Waals surface area contributed by atoms with Crippen LogP contribution in [-0.4, -0.2) is 0 Å². The molecular formula is C36H44Mt2S4-4. The van der Waals surface area contributed by atoms with Gasteiger partial charge >= 0.3 is 0 Å². The molecule has 4 aromatic carbocycles. The fourth-order valence-electron chi connectivity index (χ4n) is 2.88. The van der Waals surface area contributed by atoms with Gasteiger partial charge in [-0.3, -0.25) is 0 Å². The van der Waals surface area contributed by atoms with E-state index in [2.05, 4.69) is 0 Å². The second-order valence-corrected chi connectivity index (χ2v) is 8.41. The maximum Gasteiger partial charge on any atom is 0 e. The predicted molar refractivity (Wildman–Crippen MR) is 194 cm³/mol. The van der Waals surface area contributed by atoms with Gasteiger partial charge in [0.2, 0.25) is 0 Å². The molecule has 0 aliphatic carbocycles. The van der Waals surface area contributed by atoms with E-state index in [4.69, 9.17) is 50.5 Å². The van der Waals surface area contributed by atoms with Gasteiger partial charge in [-0.15, -0.1) is 0 Å². The van der Waals surface area contributed by atoms with E-state index in [-0.39, 0.29) is 0 Å². The van der Waals surface area contributed by atoms with E-state index in [0.29, 0.717) is 0 Å².